The van der Waals surface area contributed by atoms with Gasteiger partial charge in [-0.3, -0.25) is 4.98 Å². The lowest BCUT2D eigenvalue weighted by Crippen LogP contribution is -2.26. The van der Waals surface area contributed by atoms with E-state index < -0.39 is 22.6 Å². The van der Waals surface area contributed by atoms with E-state index >= 15 is 0 Å². The Morgan fingerprint density at radius 2 is 2.00 bits per heavy atom. The molecule has 1 aromatic heterocycles. The molecular weight excluding hydrogens is 295 g/mol. The summed E-state index contributed by atoms with van der Waals surface area (Å²) in [5, 5.41) is 2.72. The fourth-order valence-electron chi connectivity index (χ4n) is 1.54. The maximum Gasteiger partial charge on any atom is 0.389 e. The van der Waals surface area contributed by atoms with E-state index in [4.69, 9.17) is 0 Å². The van der Waals surface area contributed by atoms with E-state index in [9.17, 15) is 21.6 Å². The predicted molar refractivity (Wildman–Crippen MR) is 68.9 cm³/mol. The molecule has 0 aliphatic heterocycles. The van der Waals surface area contributed by atoms with Gasteiger partial charge in [-0.15, -0.1) is 0 Å². The summed E-state index contributed by atoms with van der Waals surface area (Å²) in [7, 11) is -2.21. The van der Waals surface area contributed by atoms with E-state index in [1.54, 1.807) is 7.05 Å². The van der Waals surface area contributed by atoms with E-state index in [-0.39, 0.29) is 24.3 Å². The molecule has 20 heavy (non-hydrogen) atoms. The molecule has 0 amide bonds. The van der Waals surface area contributed by atoms with Gasteiger partial charge in [0.15, 0.2) is 0 Å². The maximum absolute atomic E-state index is 12.0. The van der Waals surface area contributed by atoms with Gasteiger partial charge in [-0.2, -0.15) is 13.2 Å². The molecule has 0 fully saturated rings. The van der Waals surface area contributed by atoms with Crippen LogP contribution in [0.25, 0.3) is 0 Å². The van der Waals surface area contributed by atoms with Crippen molar-refractivity contribution in [3.8, 4) is 0 Å². The zero-order valence-electron chi connectivity index (χ0n) is 10.9. The Bertz CT molecular complexity index is 532. The Labute approximate surface area is 115 Å². The van der Waals surface area contributed by atoms with Crippen LogP contribution in [0.5, 0.6) is 0 Å². The summed E-state index contributed by atoms with van der Waals surface area (Å²) in [6.45, 7) is -0.0452. The molecule has 1 heterocycles. The zero-order chi connectivity index (χ0) is 15.2. The summed E-state index contributed by atoms with van der Waals surface area (Å²) in [6, 6.07) is 1.50. The van der Waals surface area contributed by atoms with Gasteiger partial charge in [0.05, 0.1) is 5.69 Å². The van der Waals surface area contributed by atoms with Crippen molar-refractivity contribution in [3.63, 3.8) is 0 Å². The van der Waals surface area contributed by atoms with Crippen molar-refractivity contribution in [2.75, 3.05) is 18.9 Å². The number of nitrogens with zero attached hydrogens (tertiary/aromatic N) is 1. The number of nitrogens with one attached hydrogen (secondary N) is 2. The van der Waals surface area contributed by atoms with Gasteiger partial charge in [-0.05, 0) is 18.9 Å². The van der Waals surface area contributed by atoms with Crippen LogP contribution < -0.4 is 10.0 Å². The minimum atomic E-state index is -4.21. The molecule has 2 N–H and O–H groups in total. The topological polar surface area (TPSA) is 71.1 Å². The molecule has 0 aliphatic rings. The van der Waals surface area contributed by atoms with E-state index in [1.165, 1.54) is 18.5 Å². The number of anilines is 1. The van der Waals surface area contributed by atoms with E-state index in [1.807, 2.05) is 0 Å². The normalized spacial score (nSPS) is 12.4. The molecule has 0 unspecified atom stereocenters. The summed E-state index contributed by atoms with van der Waals surface area (Å²) in [5.74, 6) is 0. The van der Waals surface area contributed by atoms with Crippen LogP contribution in [0.1, 0.15) is 19.3 Å². The summed E-state index contributed by atoms with van der Waals surface area (Å²) in [6.07, 6.45) is -2.49. The molecule has 0 saturated carbocycles. The largest absolute Gasteiger partial charge is 0.389 e. The minimum Gasteiger partial charge on any atom is -0.387 e. The van der Waals surface area contributed by atoms with Crippen molar-refractivity contribution in [1.29, 1.82) is 0 Å². The number of aromatic nitrogens is 1. The van der Waals surface area contributed by atoms with Crippen LogP contribution in [-0.2, 0) is 10.0 Å². The van der Waals surface area contributed by atoms with Gasteiger partial charge in [-0.1, -0.05) is 0 Å². The smallest absolute Gasteiger partial charge is 0.387 e. The van der Waals surface area contributed by atoms with E-state index in [0.717, 1.165) is 0 Å². The number of halogens is 3. The molecule has 0 aromatic carbocycles. The molecule has 0 atom stereocenters. The van der Waals surface area contributed by atoms with Crippen LogP contribution in [0, 0.1) is 0 Å². The van der Waals surface area contributed by atoms with Gasteiger partial charge < -0.3 is 5.32 Å². The van der Waals surface area contributed by atoms with Crippen LogP contribution in [0.15, 0.2) is 23.4 Å². The average Bonchev–Trinajstić information content (AvgIpc) is 2.36. The van der Waals surface area contributed by atoms with Crippen molar-refractivity contribution >= 4 is 15.7 Å². The lowest BCUT2D eigenvalue weighted by molar-refractivity contribution is -0.135. The fraction of sp³-hybridized carbons (Fsp3) is 0.545. The highest BCUT2D eigenvalue weighted by atomic mass is 32.2. The quantitative estimate of drug-likeness (QED) is 0.757. The number of rotatable bonds is 7. The number of hydrogen-bond acceptors (Lipinski definition) is 4. The van der Waals surface area contributed by atoms with Gasteiger partial charge in [0.2, 0.25) is 10.0 Å². The predicted octanol–water partition coefficient (Wildman–Crippen LogP) is 2.13. The Hall–Kier alpha value is -1.35. The number of hydrogen-bond donors (Lipinski definition) is 2. The molecule has 0 bridgehead atoms. The van der Waals surface area contributed by atoms with Crippen LogP contribution >= 0.6 is 0 Å². The van der Waals surface area contributed by atoms with Gasteiger partial charge in [0.1, 0.15) is 4.90 Å². The molecule has 0 saturated heterocycles. The fourth-order valence-corrected chi connectivity index (χ4v) is 2.76. The highest BCUT2D eigenvalue weighted by Gasteiger charge is 2.26. The average molecular weight is 311 g/mol. The third-order valence-electron chi connectivity index (χ3n) is 2.52. The molecule has 9 heteroatoms. The van der Waals surface area contributed by atoms with Gasteiger partial charge in [0.25, 0.3) is 0 Å². The van der Waals surface area contributed by atoms with Crippen LogP contribution in [0.2, 0.25) is 0 Å². The number of unbranched alkanes of at least 4 members (excludes halogenated alkanes) is 1. The molecule has 5 nitrogen and oxygen atoms in total. The highest BCUT2D eigenvalue weighted by molar-refractivity contribution is 7.89. The van der Waals surface area contributed by atoms with Gasteiger partial charge in [0, 0.05) is 32.4 Å². The van der Waals surface area contributed by atoms with Gasteiger partial charge >= 0.3 is 6.18 Å². The monoisotopic (exact) mass is 311 g/mol. The number of sulfonamides is 1. The highest BCUT2D eigenvalue weighted by Crippen LogP contribution is 2.22. The second-order valence-electron chi connectivity index (χ2n) is 4.09. The number of pyridine rings is 1. The van der Waals surface area contributed by atoms with Crippen molar-refractivity contribution in [3.05, 3.63) is 18.5 Å². The molecule has 1 rings (SSSR count). The molecule has 0 aliphatic carbocycles. The van der Waals surface area contributed by atoms with Crippen molar-refractivity contribution in [1.82, 2.24) is 9.71 Å². The first-order valence-electron chi connectivity index (χ1n) is 5.94. The zero-order valence-corrected chi connectivity index (χ0v) is 11.7. The Morgan fingerprint density at radius 1 is 1.30 bits per heavy atom. The first-order chi connectivity index (χ1) is 9.26. The van der Waals surface area contributed by atoms with Crippen molar-refractivity contribution < 1.29 is 21.6 Å². The summed E-state index contributed by atoms with van der Waals surface area (Å²) < 4.78 is 62.0. The van der Waals surface area contributed by atoms with Crippen molar-refractivity contribution in [2.45, 2.75) is 30.3 Å². The molecular formula is C11H16F3N3O2S. The summed E-state index contributed by atoms with van der Waals surface area (Å²) in [4.78, 5) is 3.70. The van der Waals surface area contributed by atoms with Crippen LogP contribution in [-0.4, -0.2) is 33.2 Å². The van der Waals surface area contributed by atoms with E-state index in [2.05, 4.69) is 15.0 Å². The van der Waals surface area contributed by atoms with Gasteiger partial charge in [-0.25, -0.2) is 13.1 Å². The van der Waals surface area contributed by atoms with Crippen LogP contribution in [0.3, 0.4) is 0 Å². The number of alkyl halides is 3. The lowest BCUT2D eigenvalue weighted by atomic mass is 10.2. The molecule has 0 radical (unpaired) electrons. The lowest BCUT2D eigenvalue weighted by Gasteiger charge is -2.10. The standard InChI is InChI=1S/C11H16F3N3O2S/c1-15-9-4-7-16-8-10(9)20(18,19)17-6-3-2-5-11(12,13)14/h4,7-8,17H,2-3,5-6H2,1H3,(H,15,16). The third-order valence-corrected chi connectivity index (χ3v) is 4.01. The molecule has 0 spiro atoms. The first kappa shape index (κ1) is 16.7. The second kappa shape index (κ2) is 6.89. The Kier molecular flexibility index (Phi) is 5.75. The Morgan fingerprint density at radius 3 is 2.60 bits per heavy atom. The SMILES string of the molecule is CNc1ccncc1S(=O)(=O)NCCCCC(F)(F)F. The summed E-state index contributed by atoms with van der Waals surface area (Å²) in [5.41, 5.74) is 0.378. The summed E-state index contributed by atoms with van der Waals surface area (Å²) >= 11 is 0. The maximum atomic E-state index is 12.0. The molecule has 114 valence electrons. The first-order valence-corrected chi connectivity index (χ1v) is 7.43. The molecule has 1 aromatic rings. The Balaban J connectivity index is 2.54. The van der Waals surface area contributed by atoms with Crippen LogP contribution in [0.4, 0.5) is 18.9 Å². The second-order valence-corrected chi connectivity index (χ2v) is 5.83. The van der Waals surface area contributed by atoms with Crippen molar-refractivity contribution in [2.24, 2.45) is 0 Å². The minimum absolute atomic E-state index is 0.0293. The third kappa shape index (κ3) is 5.33. The van der Waals surface area contributed by atoms with E-state index in [0.29, 0.717) is 5.69 Å².